The molecule has 0 amide bonds. The molecule has 0 unspecified atom stereocenters. The molecule has 0 aliphatic heterocycles. The molecule has 0 aliphatic rings. The van der Waals surface area contributed by atoms with Gasteiger partial charge in [-0.3, -0.25) is 0 Å². The minimum Gasteiger partial charge on any atom is -0.497 e. The number of oxazole rings is 1. The normalized spacial score (nSPS) is 10.6. The van der Waals surface area contributed by atoms with Gasteiger partial charge >= 0.3 is 0 Å². The molecule has 1 aromatic heterocycles. The summed E-state index contributed by atoms with van der Waals surface area (Å²) in [4.78, 5) is 4.28. The van der Waals surface area contributed by atoms with E-state index in [0.29, 0.717) is 6.42 Å². The van der Waals surface area contributed by atoms with Crippen LogP contribution in [0.4, 0.5) is 0 Å². The van der Waals surface area contributed by atoms with Crippen molar-refractivity contribution in [3.8, 4) is 5.75 Å². The number of hydrogen-bond acceptors (Lipinski definition) is 4. The van der Waals surface area contributed by atoms with Crippen molar-refractivity contribution < 1.29 is 9.15 Å². The van der Waals surface area contributed by atoms with E-state index in [4.69, 9.17) is 9.15 Å². The lowest BCUT2D eigenvalue weighted by atomic mass is 10.1. The fourth-order valence-electron chi connectivity index (χ4n) is 1.75. The van der Waals surface area contributed by atoms with E-state index in [9.17, 15) is 0 Å². The van der Waals surface area contributed by atoms with Crippen LogP contribution >= 0.6 is 0 Å². The second kappa shape index (κ2) is 6.21. The molecule has 0 spiro atoms. The molecule has 1 heterocycles. The predicted octanol–water partition coefficient (Wildman–Crippen LogP) is 2.04. The van der Waals surface area contributed by atoms with Crippen molar-refractivity contribution in [3.63, 3.8) is 0 Å². The maximum Gasteiger partial charge on any atom is 0.198 e. The monoisotopic (exact) mass is 246 g/mol. The molecular formula is C14H18N2O2. The minimum absolute atomic E-state index is 0.691. The Balaban J connectivity index is 2.01. The van der Waals surface area contributed by atoms with Gasteiger partial charge in [0.15, 0.2) is 5.89 Å². The molecule has 18 heavy (non-hydrogen) atoms. The van der Waals surface area contributed by atoms with Crippen molar-refractivity contribution in [1.29, 1.82) is 0 Å². The fourth-order valence-corrected chi connectivity index (χ4v) is 1.75. The molecule has 0 bridgehead atoms. The lowest BCUT2D eigenvalue weighted by Gasteiger charge is -2.02. The Bertz CT molecular complexity index is 494. The lowest BCUT2D eigenvalue weighted by molar-refractivity contribution is 0.414. The summed E-state index contributed by atoms with van der Waals surface area (Å²) in [7, 11) is 3.59. The number of likely N-dealkylation sites (N-methyl/N-ethyl adjacent to an activating group) is 1. The van der Waals surface area contributed by atoms with Crippen LogP contribution in [0.25, 0.3) is 0 Å². The van der Waals surface area contributed by atoms with Gasteiger partial charge in [-0.1, -0.05) is 12.1 Å². The van der Waals surface area contributed by atoms with Crippen LogP contribution in [-0.2, 0) is 12.8 Å². The summed E-state index contributed by atoms with van der Waals surface area (Å²) in [5.74, 6) is 2.52. The zero-order valence-corrected chi connectivity index (χ0v) is 10.8. The maximum absolute atomic E-state index is 5.67. The molecule has 2 rings (SSSR count). The highest BCUT2D eigenvalue weighted by Crippen LogP contribution is 2.16. The van der Waals surface area contributed by atoms with Crippen molar-refractivity contribution in [2.24, 2.45) is 0 Å². The summed E-state index contributed by atoms with van der Waals surface area (Å²) in [5, 5.41) is 3.09. The summed E-state index contributed by atoms with van der Waals surface area (Å²) >= 11 is 0. The van der Waals surface area contributed by atoms with Crippen molar-refractivity contribution in [3.05, 3.63) is 47.7 Å². The van der Waals surface area contributed by atoms with Gasteiger partial charge in [0.25, 0.3) is 0 Å². The quantitative estimate of drug-likeness (QED) is 0.847. The highest BCUT2D eigenvalue weighted by atomic mass is 16.5. The Morgan fingerprint density at radius 2 is 2.28 bits per heavy atom. The SMILES string of the molecule is CNCCc1cnc(Cc2cccc(OC)c2)o1. The molecule has 2 aromatic rings. The number of rotatable bonds is 6. The van der Waals surface area contributed by atoms with Gasteiger partial charge in [-0.25, -0.2) is 4.98 Å². The third-order valence-corrected chi connectivity index (χ3v) is 2.71. The summed E-state index contributed by atoms with van der Waals surface area (Å²) in [6.07, 6.45) is 3.35. The van der Waals surface area contributed by atoms with Crippen molar-refractivity contribution >= 4 is 0 Å². The molecule has 1 N–H and O–H groups in total. The number of nitrogens with zero attached hydrogens (tertiary/aromatic N) is 1. The van der Waals surface area contributed by atoms with Gasteiger partial charge in [0, 0.05) is 19.4 Å². The molecule has 1 aromatic carbocycles. The summed E-state index contributed by atoms with van der Waals surface area (Å²) in [6.45, 7) is 0.897. The molecule has 0 fully saturated rings. The van der Waals surface area contributed by atoms with E-state index in [2.05, 4.69) is 10.3 Å². The smallest absolute Gasteiger partial charge is 0.198 e. The van der Waals surface area contributed by atoms with Crippen LogP contribution in [0.1, 0.15) is 17.2 Å². The zero-order chi connectivity index (χ0) is 12.8. The summed E-state index contributed by atoms with van der Waals surface area (Å²) in [5.41, 5.74) is 1.14. The van der Waals surface area contributed by atoms with Crippen molar-refractivity contribution in [2.45, 2.75) is 12.8 Å². The van der Waals surface area contributed by atoms with Crippen LogP contribution in [0.15, 0.2) is 34.9 Å². The Morgan fingerprint density at radius 1 is 1.39 bits per heavy atom. The van der Waals surface area contributed by atoms with E-state index in [-0.39, 0.29) is 0 Å². The van der Waals surface area contributed by atoms with Gasteiger partial charge in [-0.15, -0.1) is 0 Å². The number of nitrogens with one attached hydrogen (secondary N) is 1. The average molecular weight is 246 g/mol. The summed E-state index contributed by atoms with van der Waals surface area (Å²) < 4.78 is 10.9. The van der Waals surface area contributed by atoms with Crippen LogP contribution in [0.3, 0.4) is 0 Å². The van der Waals surface area contributed by atoms with Crippen LogP contribution in [-0.4, -0.2) is 25.7 Å². The van der Waals surface area contributed by atoms with Crippen molar-refractivity contribution in [2.75, 3.05) is 20.7 Å². The minimum atomic E-state index is 0.691. The maximum atomic E-state index is 5.67. The topological polar surface area (TPSA) is 47.3 Å². The van der Waals surface area contributed by atoms with Gasteiger partial charge < -0.3 is 14.5 Å². The standard InChI is InChI=1S/C14H18N2O2/c1-15-7-6-13-10-16-14(18-13)9-11-4-3-5-12(8-11)17-2/h3-5,8,10,15H,6-7,9H2,1-2H3. The van der Waals surface area contributed by atoms with Gasteiger partial charge in [0.2, 0.25) is 0 Å². The molecule has 0 radical (unpaired) electrons. The number of aromatic nitrogens is 1. The molecule has 0 aliphatic carbocycles. The number of hydrogen-bond donors (Lipinski definition) is 1. The van der Waals surface area contributed by atoms with Crippen LogP contribution in [0.2, 0.25) is 0 Å². The first-order valence-corrected chi connectivity index (χ1v) is 6.03. The molecule has 96 valence electrons. The van der Waals surface area contributed by atoms with E-state index < -0.39 is 0 Å². The first kappa shape index (κ1) is 12.6. The summed E-state index contributed by atoms with van der Waals surface area (Å²) in [6, 6.07) is 7.94. The van der Waals surface area contributed by atoms with E-state index >= 15 is 0 Å². The molecule has 4 nitrogen and oxygen atoms in total. The lowest BCUT2D eigenvalue weighted by Crippen LogP contribution is -2.09. The number of ether oxygens (including phenoxy) is 1. The van der Waals surface area contributed by atoms with E-state index in [1.807, 2.05) is 31.3 Å². The molecular weight excluding hydrogens is 228 g/mol. The Morgan fingerprint density at radius 3 is 3.06 bits per heavy atom. The van der Waals surface area contributed by atoms with E-state index in [0.717, 1.165) is 35.9 Å². The highest BCUT2D eigenvalue weighted by molar-refractivity contribution is 5.29. The largest absolute Gasteiger partial charge is 0.497 e. The van der Waals surface area contributed by atoms with Crippen LogP contribution < -0.4 is 10.1 Å². The molecule has 0 saturated carbocycles. The van der Waals surface area contributed by atoms with Gasteiger partial charge in [-0.05, 0) is 24.7 Å². The van der Waals surface area contributed by atoms with Crippen molar-refractivity contribution in [1.82, 2.24) is 10.3 Å². The first-order chi connectivity index (χ1) is 8.81. The van der Waals surface area contributed by atoms with Gasteiger partial charge in [-0.2, -0.15) is 0 Å². The molecule has 0 atom stereocenters. The van der Waals surface area contributed by atoms with E-state index in [1.165, 1.54) is 0 Å². The van der Waals surface area contributed by atoms with Crippen LogP contribution in [0.5, 0.6) is 5.75 Å². The van der Waals surface area contributed by atoms with E-state index in [1.54, 1.807) is 13.3 Å². The number of methoxy groups -OCH3 is 1. The molecule has 0 saturated heterocycles. The zero-order valence-electron chi connectivity index (χ0n) is 10.8. The first-order valence-electron chi connectivity index (χ1n) is 6.03. The average Bonchev–Trinajstić information content (AvgIpc) is 2.84. The predicted molar refractivity (Wildman–Crippen MR) is 69.9 cm³/mol. The Kier molecular flexibility index (Phi) is 4.36. The highest BCUT2D eigenvalue weighted by Gasteiger charge is 2.05. The van der Waals surface area contributed by atoms with Crippen LogP contribution in [0, 0.1) is 0 Å². The van der Waals surface area contributed by atoms with Gasteiger partial charge in [0.05, 0.1) is 13.3 Å². The second-order valence-corrected chi connectivity index (χ2v) is 4.10. The third-order valence-electron chi connectivity index (χ3n) is 2.71. The fraction of sp³-hybridized carbons (Fsp3) is 0.357. The second-order valence-electron chi connectivity index (χ2n) is 4.10. The molecule has 4 heteroatoms. The third kappa shape index (κ3) is 3.34. The Labute approximate surface area is 107 Å². The number of benzene rings is 1. The van der Waals surface area contributed by atoms with Gasteiger partial charge in [0.1, 0.15) is 11.5 Å². The Hall–Kier alpha value is -1.81.